The second kappa shape index (κ2) is 9.65. The standard InChI is InChI=1S/C24H29NO4S/c1-24(2,27)12-11-19-8-9-20(30-19)16-25-13-5-6-18(15-25)23(26)17-7-10-21(28-3)22(14-17)29-4/h7-10,14,18,27H,5-6,13,15-16H2,1-4H3/t18-/m1/s1. The predicted molar refractivity (Wildman–Crippen MR) is 119 cm³/mol. The Morgan fingerprint density at radius 2 is 2.00 bits per heavy atom. The van der Waals surface area contributed by atoms with Crippen molar-refractivity contribution >= 4 is 17.1 Å². The molecule has 0 aliphatic carbocycles. The van der Waals surface area contributed by atoms with E-state index in [1.807, 2.05) is 12.1 Å². The van der Waals surface area contributed by atoms with Gasteiger partial charge in [-0.2, -0.15) is 0 Å². The number of Topliss-reactive ketones (excluding diaryl/α,β-unsaturated/α-hetero) is 1. The molecule has 0 unspecified atom stereocenters. The van der Waals surface area contributed by atoms with E-state index in [4.69, 9.17) is 9.47 Å². The molecule has 0 saturated carbocycles. The van der Waals surface area contributed by atoms with E-state index in [1.54, 1.807) is 51.5 Å². The molecular weight excluding hydrogens is 398 g/mol. The van der Waals surface area contributed by atoms with Crippen molar-refractivity contribution in [2.24, 2.45) is 5.92 Å². The van der Waals surface area contributed by atoms with Crippen LogP contribution in [0.3, 0.4) is 0 Å². The van der Waals surface area contributed by atoms with E-state index in [2.05, 4.69) is 22.8 Å². The van der Waals surface area contributed by atoms with Crippen LogP contribution in [0.15, 0.2) is 30.3 Å². The van der Waals surface area contributed by atoms with Gasteiger partial charge in [0.15, 0.2) is 17.3 Å². The molecule has 1 aromatic heterocycles. The predicted octanol–water partition coefficient (Wildman–Crippen LogP) is 3.98. The molecule has 5 nitrogen and oxygen atoms in total. The lowest BCUT2D eigenvalue weighted by Gasteiger charge is -2.31. The van der Waals surface area contributed by atoms with E-state index >= 15 is 0 Å². The normalized spacial score (nSPS) is 17.2. The number of carbonyl (C=O) groups is 1. The summed E-state index contributed by atoms with van der Waals surface area (Å²) in [6.45, 7) is 5.90. The SMILES string of the molecule is COc1ccc(C(=O)[C@@H]2CCCN(Cc3ccc(C#CC(C)(C)O)s3)C2)cc1OC. The molecule has 0 amide bonds. The lowest BCUT2D eigenvalue weighted by Crippen LogP contribution is -2.38. The third kappa shape index (κ3) is 5.85. The first-order chi connectivity index (χ1) is 14.3. The molecule has 2 heterocycles. The Hall–Kier alpha value is -2.33. The lowest BCUT2D eigenvalue weighted by molar-refractivity contribution is 0.0812. The molecule has 1 aromatic carbocycles. The third-order valence-corrected chi connectivity index (χ3v) is 6.06. The zero-order valence-electron chi connectivity index (χ0n) is 18.0. The lowest BCUT2D eigenvalue weighted by atomic mass is 9.90. The van der Waals surface area contributed by atoms with Crippen molar-refractivity contribution in [1.29, 1.82) is 0 Å². The smallest absolute Gasteiger partial charge is 0.167 e. The van der Waals surface area contributed by atoms with Gasteiger partial charge in [-0.15, -0.1) is 11.3 Å². The molecule has 1 fully saturated rings. The molecule has 6 heteroatoms. The first-order valence-electron chi connectivity index (χ1n) is 10.1. The fraction of sp³-hybridized carbons (Fsp3) is 0.458. The molecular formula is C24H29NO4S. The summed E-state index contributed by atoms with van der Waals surface area (Å²) in [5.41, 5.74) is -0.325. The molecule has 1 saturated heterocycles. The minimum atomic E-state index is -0.991. The number of nitrogens with zero attached hydrogens (tertiary/aromatic N) is 1. The van der Waals surface area contributed by atoms with Gasteiger partial charge in [0.1, 0.15) is 5.60 Å². The summed E-state index contributed by atoms with van der Waals surface area (Å²) in [6.07, 6.45) is 1.90. The monoisotopic (exact) mass is 427 g/mol. The largest absolute Gasteiger partial charge is 0.493 e. The number of hydrogen-bond donors (Lipinski definition) is 1. The van der Waals surface area contributed by atoms with Crippen LogP contribution in [0.25, 0.3) is 0 Å². The number of thiophene rings is 1. The fourth-order valence-corrected chi connectivity index (χ4v) is 4.51. The zero-order chi connectivity index (χ0) is 21.7. The van der Waals surface area contributed by atoms with Gasteiger partial charge in [0, 0.05) is 29.4 Å². The summed E-state index contributed by atoms with van der Waals surface area (Å²) < 4.78 is 10.6. The summed E-state index contributed by atoms with van der Waals surface area (Å²) in [6, 6.07) is 9.45. The summed E-state index contributed by atoms with van der Waals surface area (Å²) in [5.74, 6) is 7.22. The highest BCUT2D eigenvalue weighted by Crippen LogP contribution is 2.30. The highest BCUT2D eigenvalue weighted by Gasteiger charge is 2.27. The molecule has 0 spiro atoms. The number of rotatable bonds is 6. The van der Waals surface area contributed by atoms with Gasteiger partial charge in [-0.25, -0.2) is 0 Å². The van der Waals surface area contributed by atoms with Crippen molar-refractivity contribution < 1.29 is 19.4 Å². The van der Waals surface area contributed by atoms with E-state index in [0.29, 0.717) is 17.1 Å². The van der Waals surface area contributed by atoms with E-state index in [1.165, 1.54) is 4.88 Å². The van der Waals surface area contributed by atoms with E-state index < -0.39 is 5.60 Å². The number of ketones is 1. The number of carbonyl (C=O) groups excluding carboxylic acids is 1. The van der Waals surface area contributed by atoms with E-state index in [0.717, 1.165) is 37.4 Å². The summed E-state index contributed by atoms with van der Waals surface area (Å²) >= 11 is 1.64. The molecule has 30 heavy (non-hydrogen) atoms. The number of hydrogen-bond acceptors (Lipinski definition) is 6. The van der Waals surface area contributed by atoms with Crippen molar-refractivity contribution in [3.8, 4) is 23.3 Å². The van der Waals surface area contributed by atoms with Crippen LogP contribution >= 0.6 is 11.3 Å². The highest BCUT2D eigenvalue weighted by atomic mass is 32.1. The Bertz CT molecular complexity index is 948. The van der Waals surface area contributed by atoms with Crippen LogP contribution in [-0.4, -0.2) is 48.7 Å². The minimum absolute atomic E-state index is 0.0220. The van der Waals surface area contributed by atoms with Crippen molar-refractivity contribution in [2.75, 3.05) is 27.3 Å². The van der Waals surface area contributed by atoms with Crippen LogP contribution in [0.5, 0.6) is 11.5 Å². The summed E-state index contributed by atoms with van der Waals surface area (Å²) in [4.78, 5) is 17.6. The quantitative estimate of drug-likeness (QED) is 0.558. The summed E-state index contributed by atoms with van der Waals surface area (Å²) in [5, 5.41) is 9.76. The molecule has 3 rings (SSSR count). The molecule has 1 N–H and O–H groups in total. The number of likely N-dealkylation sites (tertiary alicyclic amines) is 1. The molecule has 0 radical (unpaired) electrons. The summed E-state index contributed by atoms with van der Waals surface area (Å²) in [7, 11) is 3.17. The second-order valence-corrected chi connectivity index (χ2v) is 9.25. The van der Waals surface area contributed by atoms with Gasteiger partial charge in [-0.3, -0.25) is 9.69 Å². The van der Waals surface area contributed by atoms with Crippen LogP contribution in [0.4, 0.5) is 0 Å². The van der Waals surface area contributed by atoms with Crippen molar-refractivity contribution in [2.45, 2.75) is 38.8 Å². The van der Waals surface area contributed by atoms with Crippen LogP contribution in [0.1, 0.15) is 46.8 Å². The molecule has 1 atom stereocenters. The molecule has 160 valence electrons. The Balaban J connectivity index is 1.65. The Morgan fingerprint density at radius 3 is 2.70 bits per heavy atom. The fourth-order valence-electron chi connectivity index (χ4n) is 3.60. The number of benzene rings is 1. The third-order valence-electron chi connectivity index (χ3n) is 5.08. The van der Waals surface area contributed by atoms with Gasteiger partial charge in [0.25, 0.3) is 0 Å². The topological polar surface area (TPSA) is 59.0 Å². The number of piperidine rings is 1. The van der Waals surface area contributed by atoms with Gasteiger partial charge in [-0.05, 0) is 63.6 Å². The molecule has 1 aliphatic rings. The minimum Gasteiger partial charge on any atom is -0.493 e. The van der Waals surface area contributed by atoms with Crippen molar-refractivity contribution in [3.63, 3.8) is 0 Å². The van der Waals surface area contributed by atoms with Crippen LogP contribution in [0, 0.1) is 17.8 Å². The van der Waals surface area contributed by atoms with Crippen molar-refractivity contribution in [3.05, 3.63) is 45.6 Å². The molecule has 1 aliphatic heterocycles. The van der Waals surface area contributed by atoms with Gasteiger partial charge >= 0.3 is 0 Å². The first-order valence-corrected chi connectivity index (χ1v) is 10.9. The highest BCUT2D eigenvalue weighted by molar-refractivity contribution is 7.12. The average molecular weight is 428 g/mol. The van der Waals surface area contributed by atoms with Gasteiger partial charge < -0.3 is 14.6 Å². The number of aliphatic hydroxyl groups is 1. The molecule has 0 bridgehead atoms. The second-order valence-electron chi connectivity index (χ2n) is 8.08. The average Bonchev–Trinajstić information content (AvgIpc) is 3.18. The number of methoxy groups -OCH3 is 2. The van der Waals surface area contributed by atoms with Gasteiger partial charge in [0.2, 0.25) is 0 Å². The van der Waals surface area contributed by atoms with Crippen molar-refractivity contribution in [1.82, 2.24) is 4.90 Å². The van der Waals surface area contributed by atoms with Gasteiger partial charge in [0.05, 0.1) is 19.1 Å². The zero-order valence-corrected chi connectivity index (χ0v) is 18.8. The van der Waals surface area contributed by atoms with E-state index in [-0.39, 0.29) is 11.7 Å². The van der Waals surface area contributed by atoms with Crippen LogP contribution in [0.2, 0.25) is 0 Å². The Kier molecular flexibility index (Phi) is 7.19. The Labute approximate surface area is 182 Å². The van der Waals surface area contributed by atoms with E-state index in [9.17, 15) is 9.90 Å². The Morgan fingerprint density at radius 1 is 1.23 bits per heavy atom. The van der Waals surface area contributed by atoms with Crippen LogP contribution in [-0.2, 0) is 6.54 Å². The maximum absolute atomic E-state index is 13.1. The maximum atomic E-state index is 13.1. The van der Waals surface area contributed by atoms with Gasteiger partial charge in [-0.1, -0.05) is 11.8 Å². The maximum Gasteiger partial charge on any atom is 0.167 e. The molecule has 2 aromatic rings. The first kappa shape index (κ1) is 22.4. The number of ether oxygens (including phenoxy) is 2. The van der Waals surface area contributed by atoms with Crippen LogP contribution < -0.4 is 9.47 Å².